The van der Waals surface area contributed by atoms with Crippen LogP contribution in [0.25, 0.3) is 10.9 Å². The zero-order valence-electron chi connectivity index (χ0n) is 17.9. The molecule has 0 bridgehead atoms. The number of likely N-dealkylation sites (N-methyl/N-ethyl adjacent to an activating group) is 1. The molecular formula is C21H33N5O2. The lowest BCUT2D eigenvalue weighted by Crippen LogP contribution is -2.44. The van der Waals surface area contributed by atoms with E-state index in [0.29, 0.717) is 25.3 Å². The van der Waals surface area contributed by atoms with Gasteiger partial charge < -0.3 is 10.6 Å². The van der Waals surface area contributed by atoms with E-state index < -0.39 is 0 Å². The minimum atomic E-state index is -0.160. The van der Waals surface area contributed by atoms with Crippen LogP contribution in [0.4, 0.5) is 0 Å². The molecule has 28 heavy (non-hydrogen) atoms. The Morgan fingerprint density at radius 3 is 2.61 bits per heavy atom. The van der Waals surface area contributed by atoms with Crippen LogP contribution in [0.15, 0.2) is 24.3 Å². The predicted molar refractivity (Wildman–Crippen MR) is 112 cm³/mol. The summed E-state index contributed by atoms with van der Waals surface area (Å²) >= 11 is 0. The Balaban J connectivity index is 1.84. The zero-order valence-corrected chi connectivity index (χ0v) is 17.9. The van der Waals surface area contributed by atoms with E-state index in [1.54, 1.807) is 11.7 Å². The number of hydrogen-bond acceptors (Lipinski definition) is 4. The summed E-state index contributed by atoms with van der Waals surface area (Å²) in [6, 6.07) is 7.49. The van der Waals surface area contributed by atoms with Gasteiger partial charge in [-0.15, -0.1) is 0 Å². The number of nitrogens with zero attached hydrogens (tertiary/aromatic N) is 3. The molecule has 1 aromatic heterocycles. The maximum Gasteiger partial charge on any atom is 0.270 e. The fourth-order valence-corrected chi connectivity index (χ4v) is 3.16. The lowest BCUT2D eigenvalue weighted by molar-refractivity contribution is -0.122. The van der Waals surface area contributed by atoms with Crippen LogP contribution in [0.3, 0.4) is 0 Å². The molecule has 0 aliphatic rings. The van der Waals surface area contributed by atoms with E-state index in [1.807, 2.05) is 43.1 Å². The second kappa shape index (κ2) is 9.19. The summed E-state index contributed by atoms with van der Waals surface area (Å²) in [6.45, 7) is 9.96. The minimum absolute atomic E-state index is 0.00269. The summed E-state index contributed by atoms with van der Waals surface area (Å²) in [5.41, 5.74) is 1.55. The van der Waals surface area contributed by atoms with Gasteiger partial charge in [-0.3, -0.25) is 19.2 Å². The van der Waals surface area contributed by atoms with Gasteiger partial charge in [0.05, 0.1) is 12.1 Å². The molecule has 0 saturated carbocycles. The molecule has 1 aromatic carbocycles. The Kier molecular flexibility index (Phi) is 7.18. The number of aromatic nitrogens is 2. The summed E-state index contributed by atoms with van der Waals surface area (Å²) < 4.78 is 1.61. The first kappa shape index (κ1) is 21.9. The molecule has 0 fully saturated rings. The lowest BCUT2D eigenvalue weighted by Gasteiger charge is -2.22. The van der Waals surface area contributed by atoms with E-state index >= 15 is 0 Å². The van der Waals surface area contributed by atoms with Crippen LogP contribution < -0.4 is 10.6 Å². The van der Waals surface area contributed by atoms with Crippen molar-refractivity contribution in [1.82, 2.24) is 25.3 Å². The highest BCUT2D eigenvalue weighted by molar-refractivity contribution is 6.05. The molecule has 0 aliphatic carbocycles. The molecule has 1 atom stereocenters. The number of carbonyl (C=O) groups is 2. The number of amides is 2. The smallest absolute Gasteiger partial charge is 0.270 e. The Labute approximate surface area is 167 Å². The first-order valence-electron chi connectivity index (χ1n) is 9.74. The molecule has 7 nitrogen and oxygen atoms in total. The van der Waals surface area contributed by atoms with Gasteiger partial charge in [0, 0.05) is 31.6 Å². The van der Waals surface area contributed by atoms with Crippen LogP contribution >= 0.6 is 0 Å². The molecule has 1 unspecified atom stereocenters. The molecule has 2 rings (SSSR count). The Morgan fingerprint density at radius 1 is 1.25 bits per heavy atom. The van der Waals surface area contributed by atoms with Crippen molar-refractivity contribution >= 4 is 22.7 Å². The third-order valence-corrected chi connectivity index (χ3v) is 4.53. The van der Waals surface area contributed by atoms with Gasteiger partial charge in [0.15, 0.2) is 0 Å². The van der Waals surface area contributed by atoms with E-state index in [1.165, 1.54) is 0 Å². The first-order chi connectivity index (χ1) is 13.1. The standard InChI is InChI=1S/C21H33N5O2/c1-15(13-25(5)14-18(27)22-12-11-21(2,3)4)23-20(28)19-16-9-7-8-10-17(16)24-26(19)6/h7-10,15H,11-14H2,1-6H3,(H,22,27)(H,23,28). The number of rotatable bonds is 8. The molecule has 2 N–H and O–H groups in total. The van der Waals surface area contributed by atoms with Gasteiger partial charge in [-0.2, -0.15) is 5.10 Å². The van der Waals surface area contributed by atoms with Crippen LogP contribution in [0, 0.1) is 5.41 Å². The van der Waals surface area contributed by atoms with E-state index in [0.717, 1.165) is 17.3 Å². The summed E-state index contributed by atoms with van der Waals surface area (Å²) in [6.07, 6.45) is 0.938. The van der Waals surface area contributed by atoms with Gasteiger partial charge in [-0.25, -0.2) is 0 Å². The number of carbonyl (C=O) groups excluding carboxylic acids is 2. The zero-order chi connectivity index (χ0) is 20.9. The summed E-state index contributed by atoms with van der Waals surface area (Å²) in [4.78, 5) is 26.7. The van der Waals surface area contributed by atoms with Crippen molar-refractivity contribution in [2.24, 2.45) is 12.5 Å². The highest BCUT2D eigenvalue weighted by Crippen LogP contribution is 2.17. The Hall–Kier alpha value is -2.41. The summed E-state index contributed by atoms with van der Waals surface area (Å²) in [5.74, 6) is -0.158. The van der Waals surface area contributed by atoms with E-state index in [2.05, 4.69) is 36.5 Å². The number of aryl methyl sites for hydroxylation is 1. The van der Waals surface area contributed by atoms with Crippen molar-refractivity contribution in [3.8, 4) is 0 Å². The average molecular weight is 388 g/mol. The third-order valence-electron chi connectivity index (χ3n) is 4.53. The second-order valence-electron chi connectivity index (χ2n) is 8.72. The molecular weight excluding hydrogens is 354 g/mol. The second-order valence-corrected chi connectivity index (χ2v) is 8.72. The third kappa shape index (κ3) is 6.34. The fraction of sp³-hybridized carbons (Fsp3) is 0.571. The number of nitrogens with one attached hydrogen (secondary N) is 2. The van der Waals surface area contributed by atoms with Crippen LogP contribution in [0.2, 0.25) is 0 Å². The monoisotopic (exact) mass is 387 g/mol. The highest BCUT2D eigenvalue weighted by Gasteiger charge is 2.19. The number of fused-ring (bicyclic) bond motifs is 1. The van der Waals surface area contributed by atoms with Gasteiger partial charge in [0.1, 0.15) is 5.69 Å². The quantitative estimate of drug-likeness (QED) is 0.728. The molecule has 0 aliphatic heterocycles. The highest BCUT2D eigenvalue weighted by atomic mass is 16.2. The molecule has 0 radical (unpaired) electrons. The van der Waals surface area contributed by atoms with Crippen LogP contribution in [-0.4, -0.2) is 59.2 Å². The van der Waals surface area contributed by atoms with Gasteiger partial charge in [-0.1, -0.05) is 39.0 Å². The van der Waals surface area contributed by atoms with Gasteiger partial charge >= 0.3 is 0 Å². The summed E-state index contributed by atoms with van der Waals surface area (Å²) in [7, 11) is 3.65. The van der Waals surface area contributed by atoms with Crippen molar-refractivity contribution in [3.63, 3.8) is 0 Å². The molecule has 2 amide bonds. The van der Waals surface area contributed by atoms with E-state index in [-0.39, 0.29) is 23.3 Å². The van der Waals surface area contributed by atoms with Crippen molar-refractivity contribution in [1.29, 1.82) is 0 Å². The van der Waals surface area contributed by atoms with E-state index in [9.17, 15) is 9.59 Å². The lowest BCUT2D eigenvalue weighted by atomic mass is 9.92. The molecule has 7 heteroatoms. The summed E-state index contributed by atoms with van der Waals surface area (Å²) in [5, 5.41) is 11.2. The average Bonchev–Trinajstić information content (AvgIpc) is 2.88. The SMILES string of the molecule is CC(CN(C)CC(=O)NCCC(C)(C)C)NC(=O)c1c2ccccc2nn1C. The molecule has 0 saturated heterocycles. The van der Waals surface area contributed by atoms with Gasteiger partial charge in [-0.05, 0) is 31.9 Å². The minimum Gasteiger partial charge on any atom is -0.355 e. The molecule has 2 aromatic rings. The van der Waals surface area contributed by atoms with Gasteiger partial charge in [0.25, 0.3) is 5.91 Å². The van der Waals surface area contributed by atoms with Crippen LogP contribution in [0.1, 0.15) is 44.6 Å². The molecule has 154 valence electrons. The van der Waals surface area contributed by atoms with E-state index in [4.69, 9.17) is 0 Å². The maximum atomic E-state index is 12.7. The Bertz CT molecular complexity index is 822. The number of hydrogen-bond donors (Lipinski definition) is 2. The maximum absolute atomic E-state index is 12.7. The predicted octanol–water partition coefficient (Wildman–Crippen LogP) is 2.18. The Morgan fingerprint density at radius 2 is 1.93 bits per heavy atom. The fourth-order valence-electron chi connectivity index (χ4n) is 3.16. The van der Waals surface area contributed by atoms with Crippen molar-refractivity contribution in [3.05, 3.63) is 30.0 Å². The van der Waals surface area contributed by atoms with Crippen molar-refractivity contribution in [2.45, 2.75) is 40.2 Å². The van der Waals surface area contributed by atoms with Crippen LogP contribution in [-0.2, 0) is 11.8 Å². The van der Waals surface area contributed by atoms with Crippen molar-refractivity contribution < 1.29 is 9.59 Å². The largest absolute Gasteiger partial charge is 0.355 e. The van der Waals surface area contributed by atoms with Crippen molar-refractivity contribution in [2.75, 3.05) is 26.7 Å². The van der Waals surface area contributed by atoms with Gasteiger partial charge in [0.2, 0.25) is 5.91 Å². The first-order valence-corrected chi connectivity index (χ1v) is 9.74. The molecule has 1 heterocycles. The van der Waals surface area contributed by atoms with Crippen LogP contribution in [0.5, 0.6) is 0 Å². The normalized spacial score (nSPS) is 13.0. The number of benzene rings is 1. The topological polar surface area (TPSA) is 79.3 Å². The molecule has 0 spiro atoms.